The van der Waals surface area contributed by atoms with Gasteiger partial charge in [0.25, 0.3) is 5.91 Å². The van der Waals surface area contributed by atoms with Crippen molar-refractivity contribution >= 4 is 33.2 Å². The van der Waals surface area contributed by atoms with Gasteiger partial charge in [0.05, 0.1) is 5.01 Å². The van der Waals surface area contributed by atoms with Crippen molar-refractivity contribution in [1.82, 2.24) is 15.6 Å². The van der Waals surface area contributed by atoms with Crippen LogP contribution in [0.3, 0.4) is 0 Å². The molecule has 124 valence electrons. The van der Waals surface area contributed by atoms with Crippen molar-refractivity contribution in [3.63, 3.8) is 0 Å². The monoisotopic (exact) mass is 395 g/mol. The van der Waals surface area contributed by atoms with Gasteiger partial charge in [0.2, 0.25) is 0 Å². The second-order valence-corrected chi connectivity index (χ2v) is 8.35. The summed E-state index contributed by atoms with van der Waals surface area (Å²) in [6.07, 6.45) is 1.93. The first kappa shape index (κ1) is 18.1. The molecule has 0 aliphatic rings. The van der Waals surface area contributed by atoms with Gasteiger partial charge in [-0.3, -0.25) is 4.79 Å². The number of benzene rings is 1. The van der Waals surface area contributed by atoms with E-state index in [1.165, 1.54) is 4.88 Å². The lowest BCUT2D eigenvalue weighted by Gasteiger charge is -2.13. The number of nitrogens with one attached hydrogen (secondary N) is 2. The molecule has 23 heavy (non-hydrogen) atoms. The van der Waals surface area contributed by atoms with Crippen LogP contribution in [-0.4, -0.2) is 24.0 Å². The van der Waals surface area contributed by atoms with Gasteiger partial charge < -0.3 is 10.6 Å². The average Bonchev–Trinajstić information content (AvgIpc) is 2.96. The SMILES string of the molecule is CC(C)(C)c1ncc(CNCCNC(=O)c2ccc(Br)cc2)s1. The van der Waals surface area contributed by atoms with Gasteiger partial charge in [-0.05, 0) is 24.3 Å². The molecule has 2 N–H and O–H groups in total. The molecule has 6 heteroatoms. The number of halogens is 1. The molecule has 0 saturated heterocycles. The van der Waals surface area contributed by atoms with Crippen molar-refractivity contribution in [2.45, 2.75) is 32.7 Å². The number of aromatic nitrogens is 1. The summed E-state index contributed by atoms with van der Waals surface area (Å²) in [7, 11) is 0. The number of amides is 1. The lowest BCUT2D eigenvalue weighted by Crippen LogP contribution is -2.31. The molecular weight excluding hydrogens is 374 g/mol. The highest BCUT2D eigenvalue weighted by Gasteiger charge is 2.17. The third-order valence-electron chi connectivity index (χ3n) is 3.19. The Labute approximate surface area is 149 Å². The van der Waals surface area contributed by atoms with Gasteiger partial charge >= 0.3 is 0 Å². The maximum absolute atomic E-state index is 11.9. The van der Waals surface area contributed by atoms with Crippen LogP contribution < -0.4 is 10.6 Å². The molecule has 0 bridgehead atoms. The van der Waals surface area contributed by atoms with E-state index in [1.807, 2.05) is 18.3 Å². The quantitative estimate of drug-likeness (QED) is 0.732. The van der Waals surface area contributed by atoms with Crippen LogP contribution in [0.25, 0.3) is 0 Å². The molecule has 0 spiro atoms. The predicted molar refractivity (Wildman–Crippen MR) is 99.0 cm³/mol. The molecule has 1 heterocycles. The Morgan fingerprint density at radius 2 is 1.91 bits per heavy atom. The Morgan fingerprint density at radius 1 is 1.22 bits per heavy atom. The minimum absolute atomic E-state index is 0.0490. The molecule has 0 saturated carbocycles. The lowest BCUT2D eigenvalue weighted by molar-refractivity contribution is 0.0954. The molecule has 1 aromatic carbocycles. The summed E-state index contributed by atoms with van der Waals surface area (Å²) in [6.45, 7) is 8.61. The summed E-state index contributed by atoms with van der Waals surface area (Å²) in [5.41, 5.74) is 0.771. The molecular formula is C17H22BrN3OS. The Kier molecular flexibility index (Phi) is 6.33. The van der Waals surface area contributed by atoms with E-state index in [2.05, 4.69) is 52.3 Å². The van der Waals surface area contributed by atoms with Gasteiger partial charge in [0, 0.05) is 46.2 Å². The maximum Gasteiger partial charge on any atom is 0.251 e. The third kappa shape index (κ3) is 5.71. The second kappa shape index (κ2) is 8.04. The fourth-order valence-corrected chi connectivity index (χ4v) is 3.12. The van der Waals surface area contributed by atoms with Gasteiger partial charge in [-0.25, -0.2) is 4.98 Å². The molecule has 2 rings (SSSR count). The van der Waals surface area contributed by atoms with E-state index in [0.717, 1.165) is 22.6 Å². The van der Waals surface area contributed by atoms with E-state index in [9.17, 15) is 4.79 Å². The summed E-state index contributed by atoms with van der Waals surface area (Å²) in [6, 6.07) is 7.34. The highest BCUT2D eigenvalue weighted by Crippen LogP contribution is 2.26. The third-order valence-corrected chi connectivity index (χ3v) is 5.14. The highest BCUT2D eigenvalue weighted by atomic mass is 79.9. The van der Waals surface area contributed by atoms with Crippen LogP contribution in [0.5, 0.6) is 0 Å². The van der Waals surface area contributed by atoms with Gasteiger partial charge in [0.1, 0.15) is 0 Å². The van der Waals surface area contributed by atoms with Crippen LogP contribution in [-0.2, 0) is 12.0 Å². The molecule has 2 aromatic rings. The number of carbonyl (C=O) groups excluding carboxylic acids is 1. The van der Waals surface area contributed by atoms with Crippen LogP contribution in [0.1, 0.15) is 41.0 Å². The van der Waals surface area contributed by atoms with E-state index < -0.39 is 0 Å². The minimum Gasteiger partial charge on any atom is -0.351 e. The van der Waals surface area contributed by atoms with E-state index in [0.29, 0.717) is 12.1 Å². The fraction of sp³-hybridized carbons (Fsp3) is 0.412. The number of rotatable bonds is 6. The summed E-state index contributed by atoms with van der Waals surface area (Å²) in [5, 5.41) is 7.39. The van der Waals surface area contributed by atoms with Crippen LogP contribution >= 0.6 is 27.3 Å². The Bertz CT molecular complexity index is 647. The van der Waals surface area contributed by atoms with Crippen molar-refractivity contribution in [2.75, 3.05) is 13.1 Å². The van der Waals surface area contributed by atoms with E-state index in [4.69, 9.17) is 0 Å². The van der Waals surface area contributed by atoms with Gasteiger partial charge in [-0.15, -0.1) is 11.3 Å². The maximum atomic E-state index is 11.9. The van der Waals surface area contributed by atoms with Gasteiger partial charge in [-0.1, -0.05) is 36.7 Å². The number of hydrogen-bond donors (Lipinski definition) is 2. The normalized spacial score (nSPS) is 11.5. The standard InChI is InChI=1S/C17H22BrN3OS/c1-17(2,3)16-21-11-14(23-16)10-19-8-9-20-15(22)12-4-6-13(18)7-5-12/h4-7,11,19H,8-10H2,1-3H3,(H,20,22). The average molecular weight is 396 g/mol. The molecule has 4 nitrogen and oxygen atoms in total. The number of hydrogen-bond acceptors (Lipinski definition) is 4. The summed E-state index contributed by atoms with van der Waals surface area (Å²) in [4.78, 5) is 17.6. The topological polar surface area (TPSA) is 54.0 Å². The fourth-order valence-electron chi connectivity index (χ4n) is 1.92. The van der Waals surface area contributed by atoms with Crippen LogP contribution in [0.2, 0.25) is 0 Å². The van der Waals surface area contributed by atoms with E-state index >= 15 is 0 Å². The minimum atomic E-state index is -0.0490. The molecule has 0 aliphatic carbocycles. The molecule has 1 aromatic heterocycles. The van der Waals surface area contributed by atoms with Crippen molar-refractivity contribution in [3.05, 3.63) is 50.4 Å². The van der Waals surface area contributed by atoms with Gasteiger partial charge in [-0.2, -0.15) is 0 Å². The Morgan fingerprint density at radius 3 is 2.52 bits per heavy atom. The highest BCUT2D eigenvalue weighted by molar-refractivity contribution is 9.10. The molecule has 0 atom stereocenters. The summed E-state index contributed by atoms with van der Waals surface area (Å²) < 4.78 is 0.968. The molecule has 0 unspecified atom stereocenters. The zero-order valence-corrected chi connectivity index (χ0v) is 16.1. The zero-order chi connectivity index (χ0) is 16.9. The van der Waals surface area contributed by atoms with Crippen molar-refractivity contribution in [3.8, 4) is 0 Å². The lowest BCUT2D eigenvalue weighted by atomic mass is 9.98. The van der Waals surface area contributed by atoms with Crippen molar-refractivity contribution in [1.29, 1.82) is 0 Å². The largest absolute Gasteiger partial charge is 0.351 e. The Balaban J connectivity index is 1.68. The molecule has 0 fully saturated rings. The predicted octanol–water partition coefficient (Wildman–Crippen LogP) is 3.72. The number of carbonyl (C=O) groups is 1. The van der Waals surface area contributed by atoms with Crippen molar-refractivity contribution in [2.24, 2.45) is 0 Å². The van der Waals surface area contributed by atoms with Gasteiger partial charge in [0.15, 0.2) is 0 Å². The Hall–Kier alpha value is -1.24. The summed E-state index contributed by atoms with van der Waals surface area (Å²) in [5.74, 6) is -0.0490. The second-order valence-electron chi connectivity index (χ2n) is 6.32. The van der Waals surface area contributed by atoms with Crippen LogP contribution in [0.15, 0.2) is 34.9 Å². The van der Waals surface area contributed by atoms with E-state index in [1.54, 1.807) is 23.5 Å². The summed E-state index contributed by atoms with van der Waals surface area (Å²) >= 11 is 5.09. The van der Waals surface area contributed by atoms with Crippen LogP contribution in [0, 0.1) is 0 Å². The number of nitrogens with zero attached hydrogens (tertiary/aromatic N) is 1. The first-order valence-corrected chi connectivity index (χ1v) is 9.17. The first-order chi connectivity index (χ1) is 10.9. The van der Waals surface area contributed by atoms with E-state index in [-0.39, 0.29) is 11.3 Å². The first-order valence-electron chi connectivity index (χ1n) is 7.56. The molecule has 0 radical (unpaired) electrons. The smallest absolute Gasteiger partial charge is 0.251 e. The van der Waals surface area contributed by atoms with Crippen molar-refractivity contribution < 1.29 is 4.79 Å². The van der Waals surface area contributed by atoms with Crippen LogP contribution in [0.4, 0.5) is 0 Å². The number of thiazole rings is 1. The molecule has 0 aliphatic heterocycles. The molecule has 1 amide bonds. The zero-order valence-electron chi connectivity index (χ0n) is 13.6.